The second-order valence-corrected chi connectivity index (χ2v) is 7.62. The molecule has 0 unspecified atom stereocenters. The predicted octanol–water partition coefficient (Wildman–Crippen LogP) is 2.10. The lowest BCUT2D eigenvalue weighted by Gasteiger charge is -2.27. The Bertz CT molecular complexity index is 622. The van der Waals surface area contributed by atoms with E-state index in [1.807, 2.05) is 0 Å². The standard InChI is InChI=1S/C15H22N2O3S/c1-16(12-8-4-5-9-12)15(18)13-10-6-7-11-14(13)17(2)21(3,19)20/h6-7,10-12H,4-5,8-9H2,1-3H3. The quantitative estimate of drug-likeness (QED) is 0.855. The smallest absolute Gasteiger partial charge is 0.255 e. The fourth-order valence-electron chi connectivity index (χ4n) is 2.76. The SMILES string of the molecule is CN(C(=O)c1ccccc1N(C)S(C)(=O)=O)C1CCCC1. The van der Waals surface area contributed by atoms with E-state index in [0.29, 0.717) is 11.3 Å². The largest absolute Gasteiger partial charge is 0.339 e. The second-order valence-electron chi connectivity index (χ2n) is 5.60. The van der Waals surface area contributed by atoms with E-state index in [2.05, 4.69) is 0 Å². The Hall–Kier alpha value is -1.56. The van der Waals surface area contributed by atoms with Gasteiger partial charge in [-0.3, -0.25) is 9.10 Å². The van der Waals surface area contributed by atoms with Crippen LogP contribution in [-0.2, 0) is 10.0 Å². The van der Waals surface area contributed by atoms with Gasteiger partial charge in [0.1, 0.15) is 0 Å². The number of nitrogens with zero attached hydrogens (tertiary/aromatic N) is 2. The molecule has 0 atom stereocenters. The molecule has 21 heavy (non-hydrogen) atoms. The van der Waals surface area contributed by atoms with E-state index in [-0.39, 0.29) is 11.9 Å². The average Bonchev–Trinajstić information content (AvgIpc) is 2.98. The van der Waals surface area contributed by atoms with Crippen LogP contribution < -0.4 is 4.31 Å². The Morgan fingerprint density at radius 2 is 1.71 bits per heavy atom. The van der Waals surface area contributed by atoms with Crippen molar-refractivity contribution >= 4 is 21.6 Å². The molecule has 0 saturated heterocycles. The lowest BCUT2D eigenvalue weighted by molar-refractivity contribution is 0.0736. The van der Waals surface area contributed by atoms with Crippen molar-refractivity contribution in [1.82, 2.24) is 4.90 Å². The first-order valence-electron chi connectivity index (χ1n) is 7.12. The number of benzene rings is 1. The van der Waals surface area contributed by atoms with Crippen molar-refractivity contribution in [2.75, 3.05) is 24.7 Å². The Morgan fingerprint density at radius 3 is 2.29 bits per heavy atom. The topological polar surface area (TPSA) is 57.7 Å². The first-order chi connectivity index (χ1) is 9.82. The molecule has 0 radical (unpaired) electrons. The fourth-order valence-corrected chi connectivity index (χ4v) is 3.27. The monoisotopic (exact) mass is 310 g/mol. The molecule has 0 aromatic heterocycles. The highest BCUT2D eigenvalue weighted by molar-refractivity contribution is 7.92. The molecule has 1 fully saturated rings. The predicted molar refractivity (Wildman–Crippen MR) is 84.0 cm³/mol. The van der Waals surface area contributed by atoms with E-state index in [1.54, 1.807) is 36.2 Å². The van der Waals surface area contributed by atoms with E-state index < -0.39 is 10.0 Å². The van der Waals surface area contributed by atoms with Gasteiger partial charge in [0, 0.05) is 20.1 Å². The van der Waals surface area contributed by atoms with Crippen molar-refractivity contribution < 1.29 is 13.2 Å². The highest BCUT2D eigenvalue weighted by atomic mass is 32.2. The summed E-state index contributed by atoms with van der Waals surface area (Å²) in [6.45, 7) is 0. The van der Waals surface area contributed by atoms with E-state index in [4.69, 9.17) is 0 Å². The molecule has 5 nitrogen and oxygen atoms in total. The van der Waals surface area contributed by atoms with Crippen molar-refractivity contribution in [3.63, 3.8) is 0 Å². The molecule has 6 heteroatoms. The van der Waals surface area contributed by atoms with Gasteiger partial charge in [-0.1, -0.05) is 25.0 Å². The van der Waals surface area contributed by atoms with Crippen molar-refractivity contribution in [1.29, 1.82) is 0 Å². The van der Waals surface area contributed by atoms with Crippen LogP contribution in [0.15, 0.2) is 24.3 Å². The maximum Gasteiger partial charge on any atom is 0.255 e. The first-order valence-corrected chi connectivity index (χ1v) is 8.97. The average molecular weight is 310 g/mol. The minimum atomic E-state index is -3.39. The summed E-state index contributed by atoms with van der Waals surface area (Å²) in [6.07, 6.45) is 5.47. The summed E-state index contributed by atoms with van der Waals surface area (Å²) in [5.74, 6) is -0.118. The molecule has 0 aliphatic heterocycles. The molecule has 116 valence electrons. The highest BCUT2D eigenvalue weighted by Crippen LogP contribution is 2.27. The van der Waals surface area contributed by atoms with Gasteiger partial charge in [-0.05, 0) is 25.0 Å². The van der Waals surface area contributed by atoms with Gasteiger partial charge in [-0.25, -0.2) is 8.42 Å². The summed E-state index contributed by atoms with van der Waals surface area (Å²) in [4.78, 5) is 14.4. The zero-order chi connectivity index (χ0) is 15.6. The number of sulfonamides is 1. The number of hydrogen-bond acceptors (Lipinski definition) is 3. The number of para-hydroxylation sites is 1. The third-order valence-electron chi connectivity index (χ3n) is 4.16. The molecule has 1 aromatic rings. The van der Waals surface area contributed by atoms with Gasteiger partial charge in [0.05, 0.1) is 17.5 Å². The van der Waals surface area contributed by atoms with Gasteiger partial charge in [0.2, 0.25) is 10.0 Å². The number of rotatable bonds is 4. The van der Waals surface area contributed by atoms with Gasteiger partial charge in [0.25, 0.3) is 5.91 Å². The summed E-state index contributed by atoms with van der Waals surface area (Å²) in [6, 6.07) is 7.11. The van der Waals surface area contributed by atoms with Gasteiger partial charge < -0.3 is 4.90 Å². The number of carbonyl (C=O) groups is 1. The van der Waals surface area contributed by atoms with Crippen LogP contribution in [0.2, 0.25) is 0 Å². The zero-order valence-electron chi connectivity index (χ0n) is 12.7. The fraction of sp³-hybridized carbons (Fsp3) is 0.533. The summed E-state index contributed by atoms with van der Waals surface area (Å²) in [5, 5.41) is 0. The van der Waals surface area contributed by atoms with Crippen molar-refractivity contribution in [3.05, 3.63) is 29.8 Å². The third-order valence-corrected chi connectivity index (χ3v) is 5.36. The number of carbonyl (C=O) groups excluding carboxylic acids is 1. The summed E-state index contributed by atoms with van der Waals surface area (Å²) < 4.78 is 24.6. The molecule has 0 heterocycles. The molecule has 1 aliphatic rings. The van der Waals surface area contributed by atoms with Crippen LogP contribution in [0.1, 0.15) is 36.0 Å². The van der Waals surface area contributed by atoms with Crippen LogP contribution in [0, 0.1) is 0 Å². The van der Waals surface area contributed by atoms with Crippen LogP contribution in [0.4, 0.5) is 5.69 Å². The first kappa shape index (κ1) is 15.8. The normalized spacial score (nSPS) is 16.0. The minimum absolute atomic E-state index is 0.118. The van der Waals surface area contributed by atoms with Gasteiger partial charge in [0.15, 0.2) is 0 Å². The Kier molecular flexibility index (Phi) is 4.56. The van der Waals surface area contributed by atoms with Gasteiger partial charge >= 0.3 is 0 Å². The van der Waals surface area contributed by atoms with Crippen molar-refractivity contribution in [2.45, 2.75) is 31.7 Å². The van der Waals surface area contributed by atoms with Crippen LogP contribution in [0.25, 0.3) is 0 Å². The summed E-state index contributed by atoms with van der Waals surface area (Å²) in [7, 11) is -0.124. The zero-order valence-corrected chi connectivity index (χ0v) is 13.6. The van der Waals surface area contributed by atoms with E-state index in [1.165, 1.54) is 7.05 Å². The van der Waals surface area contributed by atoms with Crippen molar-refractivity contribution in [3.8, 4) is 0 Å². The highest BCUT2D eigenvalue weighted by Gasteiger charge is 2.27. The summed E-state index contributed by atoms with van der Waals surface area (Å²) >= 11 is 0. The maximum absolute atomic E-state index is 12.7. The second kappa shape index (κ2) is 6.05. The Balaban J connectivity index is 2.33. The minimum Gasteiger partial charge on any atom is -0.339 e. The Labute approximate surface area is 126 Å². The van der Waals surface area contributed by atoms with Gasteiger partial charge in [-0.2, -0.15) is 0 Å². The van der Waals surface area contributed by atoms with E-state index in [9.17, 15) is 13.2 Å². The summed E-state index contributed by atoms with van der Waals surface area (Å²) in [5.41, 5.74) is 0.856. The molecule has 1 amide bonds. The van der Waals surface area contributed by atoms with Crippen LogP contribution in [-0.4, -0.2) is 45.6 Å². The van der Waals surface area contributed by atoms with Crippen LogP contribution in [0.3, 0.4) is 0 Å². The third kappa shape index (κ3) is 3.37. The Morgan fingerprint density at radius 1 is 1.14 bits per heavy atom. The molecule has 0 N–H and O–H groups in total. The molecule has 1 saturated carbocycles. The number of anilines is 1. The number of hydrogen-bond donors (Lipinski definition) is 0. The molecule has 0 spiro atoms. The molecule has 1 aromatic carbocycles. The van der Waals surface area contributed by atoms with E-state index in [0.717, 1.165) is 36.2 Å². The molecule has 2 rings (SSSR count). The molecule has 0 bridgehead atoms. The molecular weight excluding hydrogens is 288 g/mol. The molecular formula is C15H22N2O3S. The molecule has 1 aliphatic carbocycles. The van der Waals surface area contributed by atoms with Crippen molar-refractivity contribution in [2.24, 2.45) is 0 Å². The lowest BCUT2D eigenvalue weighted by Crippen LogP contribution is -2.36. The number of amides is 1. The van der Waals surface area contributed by atoms with Crippen LogP contribution >= 0.6 is 0 Å². The van der Waals surface area contributed by atoms with Gasteiger partial charge in [-0.15, -0.1) is 0 Å². The lowest BCUT2D eigenvalue weighted by atomic mass is 10.1. The van der Waals surface area contributed by atoms with Crippen LogP contribution in [0.5, 0.6) is 0 Å². The van der Waals surface area contributed by atoms with E-state index >= 15 is 0 Å². The maximum atomic E-state index is 12.7.